The third kappa shape index (κ3) is 17.9. The van der Waals surface area contributed by atoms with E-state index in [0.717, 1.165) is 31.5 Å². The van der Waals surface area contributed by atoms with E-state index in [2.05, 4.69) is 46.8 Å². The van der Waals surface area contributed by atoms with Crippen molar-refractivity contribution in [2.75, 3.05) is 48.3 Å². The number of urea groups is 1. The van der Waals surface area contributed by atoms with Crippen LogP contribution in [0.3, 0.4) is 0 Å². The van der Waals surface area contributed by atoms with Crippen molar-refractivity contribution in [1.82, 2.24) is 31.2 Å². The molecular formula is C53H74N12O8. The number of ether oxygens (including phenoxy) is 1. The van der Waals surface area contributed by atoms with Gasteiger partial charge in [-0.25, -0.2) is 19.6 Å². The zero-order valence-corrected chi connectivity index (χ0v) is 42.9. The van der Waals surface area contributed by atoms with E-state index in [4.69, 9.17) is 16.2 Å². The van der Waals surface area contributed by atoms with Crippen LogP contribution in [0.5, 0.6) is 0 Å². The molecular weight excluding hydrogens is 933 g/mol. The summed E-state index contributed by atoms with van der Waals surface area (Å²) in [7, 11) is 0. The molecule has 20 nitrogen and oxygen atoms in total. The molecule has 0 saturated carbocycles. The summed E-state index contributed by atoms with van der Waals surface area (Å²) in [6.07, 6.45) is 9.51. The van der Waals surface area contributed by atoms with Crippen molar-refractivity contribution in [2.24, 2.45) is 22.4 Å². The number of unbranched alkanes of at least 4 members (excludes halogenated alkanes) is 2. The Morgan fingerprint density at radius 2 is 1.55 bits per heavy atom. The summed E-state index contributed by atoms with van der Waals surface area (Å²) < 4.78 is 5.52. The molecule has 2 aliphatic heterocycles. The predicted molar refractivity (Wildman–Crippen MR) is 283 cm³/mol. The Kier molecular flexibility index (Phi) is 22.0. The molecule has 1 aromatic heterocycles. The Bertz CT molecular complexity index is 2430. The fourth-order valence-corrected chi connectivity index (χ4v) is 8.47. The maximum Gasteiger partial charge on any atom is 0.407 e. The number of nitrogens with one attached hydrogen (secondary N) is 6. The molecule has 3 heterocycles. The Labute approximate surface area is 428 Å². The molecule has 20 heteroatoms. The third-order valence-corrected chi connectivity index (χ3v) is 12.4. The van der Waals surface area contributed by atoms with Gasteiger partial charge in [0, 0.05) is 74.0 Å². The van der Waals surface area contributed by atoms with Gasteiger partial charge in [0.25, 0.3) is 5.91 Å². The van der Waals surface area contributed by atoms with Crippen molar-refractivity contribution in [3.8, 4) is 0 Å². The van der Waals surface area contributed by atoms with Crippen molar-refractivity contribution in [2.45, 2.75) is 130 Å². The lowest BCUT2D eigenvalue weighted by Crippen LogP contribution is -2.54. The average molecular weight is 1010 g/mol. The summed E-state index contributed by atoms with van der Waals surface area (Å²) in [5, 5.41) is 16.8. The van der Waals surface area contributed by atoms with E-state index in [9.17, 15) is 33.6 Å². The molecule has 0 spiro atoms. The maximum atomic E-state index is 13.5. The first-order valence-electron chi connectivity index (χ1n) is 25.5. The Morgan fingerprint density at radius 3 is 2.19 bits per heavy atom. The molecule has 0 unspecified atom stereocenters. The number of fused-ring (bicyclic) bond motifs is 1. The van der Waals surface area contributed by atoms with Crippen LogP contribution >= 0.6 is 0 Å². The van der Waals surface area contributed by atoms with Crippen LogP contribution < -0.4 is 48.3 Å². The topological polar surface area (TPSA) is 285 Å². The number of alkyl carbamates (subject to hydrolysis) is 1. The smallest absolute Gasteiger partial charge is 0.407 e. The fourth-order valence-electron chi connectivity index (χ4n) is 8.47. The van der Waals surface area contributed by atoms with Gasteiger partial charge in [-0.1, -0.05) is 65.7 Å². The molecule has 1 saturated heterocycles. The number of pyridine rings is 1. The molecule has 3 aromatic rings. The molecule has 2 aromatic carbocycles. The van der Waals surface area contributed by atoms with Gasteiger partial charge in [-0.05, 0) is 98.9 Å². The van der Waals surface area contributed by atoms with Crippen LogP contribution in [-0.2, 0) is 30.5 Å². The van der Waals surface area contributed by atoms with E-state index in [0.29, 0.717) is 103 Å². The number of amidine groups is 1. The molecule has 10 N–H and O–H groups in total. The minimum absolute atomic E-state index is 0.00918. The van der Waals surface area contributed by atoms with Crippen LogP contribution in [0.2, 0.25) is 0 Å². The monoisotopic (exact) mass is 1010 g/mol. The van der Waals surface area contributed by atoms with Crippen LogP contribution in [0.25, 0.3) is 6.08 Å². The number of piperidine rings is 1. The minimum Gasteiger partial charge on any atom is -0.445 e. The van der Waals surface area contributed by atoms with Crippen LogP contribution in [0.15, 0.2) is 71.4 Å². The first kappa shape index (κ1) is 56.4. The van der Waals surface area contributed by atoms with Gasteiger partial charge in [0.1, 0.15) is 30.3 Å². The first-order chi connectivity index (χ1) is 35.1. The molecule has 5 rings (SSSR count). The number of nitrogens with zero attached hydrogens (tertiary/aromatic N) is 4. The Hall–Kier alpha value is -7.51. The summed E-state index contributed by atoms with van der Waals surface area (Å²) in [5.74, 6) is -0.807. The van der Waals surface area contributed by atoms with Crippen LogP contribution in [0, 0.1) is 5.92 Å². The predicted octanol–water partition coefficient (Wildman–Crippen LogP) is 6.25. The van der Waals surface area contributed by atoms with Crippen LogP contribution in [-0.4, -0.2) is 108 Å². The number of aliphatic imine (C=N–C) groups is 1. The second kappa shape index (κ2) is 28.5. The number of primary amides is 1. The van der Waals surface area contributed by atoms with E-state index in [1.165, 1.54) is 0 Å². The highest BCUT2D eigenvalue weighted by Gasteiger charge is 2.29. The number of hydrogen-bond donors (Lipinski definition) is 8. The standard InChI is InChI=1S/C53H74N12O8/c1-6-9-10-13-46(66)63-47(34(4)5)50(69)62-42(12-11-24-56-52(55)71)49(68)58-39-18-14-35(15-19-39)33-73-53(72)60-40-22-27-64(28-23-40)45-21-20-41(32-57-45)59-48(67)37-17-16-36-29-38(31-44(54)61-43(36)30-37)51(70)65(25-7-2)26-8-3/h14-21,29-30,32,34,40,42,47H,6-13,22-28,31,33H2,1-5H3,(H2,54,61)(H,58,68)(H,59,67)(H,60,72)(H,62,69)(H,63,66)(H3,55,56,71)/t42-,47-/m0/s1. The zero-order chi connectivity index (χ0) is 52.9. The van der Waals surface area contributed by atoms with Gasteiger partial charge in [-0.15, -0.1) is 0 Å². The maximum absolute atomic E-state index is 13.5. The summed E-state index contributed by atoms with van der Waals surface area (Å²) in [4.78, 5) is 103. The van der Waals surface area contributed by atoms with Gasteiger partial charge >= 0.3 is 12.1 Å². The lowest BCUT2D eigenvalue weighted by molar-refractivity contribution is -0.132. The summed E-state index contributed by atoms with van der Waals surface area (Å²) in [5.41, 5.74) is 15.3. The number of rotatable bonds is 25. The molecule has 394 valence electrons. The van der Waals surface area contributed by atoms with Crippen LogP contribution in [0.1, 0.15) is 127 Å². The average Bonchev–Trinajstić information content (AvgIpc) is 3.53. The van der Waals surface area contributed by atoms with E-state index < -0.39 is 36.0 Å². The van der Waals surface area contributed by atoms with Crippen LogP contribution in [0.4, 0.5) is 32.5 Å². The Balaban J connectivity index is 1.06. The van der Waals surface area contributed by atoms with Gasteiger partial charge in [0.15, 0.2) is 0 Å². The second-order valence-electron chi connectivity index (χ2n) is 18.8. The lowest BCUT2D eigenvalue weighted by atomic mass is 10.0. The van der Waals surface area contributed by atoms with Crippen molar-refractivity contribution in [3.63, 3.8) is 0 Å². The largest absolute Gasteiger partial charge is 0.445 e. The second-order valence-corrected chi connectivity index (χ2v) is 18.8. The van der Waals surface area contributed by atoms with Crippen molar-refractivity contribution < 1.29 is 38.3 Å². The molecule has 0 bridgehead atoms. The number of aromatic nitrogens is 1. The summed E-state index contributed by atoms with van der Waals surface area (Å²) >= 11 is 0. The van der Waals surface area contributed by atoms with Gasteiger partial charge in [0.05, 0.1) is 17.6 Å². The highest BCUT2D eigenvalue weighted by Crippen LogP contribution is 2.29. The number of amides is 8. The summed E-state index contributed by atoms with van der Waals surface area (Å²) in [6.45, 7) is 12.5. The van der Waals surface area contributed by atoms with Gasteiger partial charge in [-0.3, -0.25) is 24.0 Å². The quantitative estimate of drug-likeness (QED) is 0.0439. The number of carbonyl (C=O) groups is 7. The number of benzene rings is 2. The van der Waals surface area contributed by atoms with Gasteiger partial charge in [0.2, 0.25) is 23.6 Å². The molecule has 1 fully saturated rings. The third-order valence-electron chi connectivity index (χ3n) is 12.4. The van der Waals surface area contributed by atoms with Crippen molar-refractivity contribution >= 4 is 76.5 Å². The molecule has 2 aliphatic rings. The minimum atomic E-state index is -0.980. The molecule has 8 amide bonds. The highest BCUT2D eigenvalue weighted by atomic mass is 16.5. The first-order valence-corrected chi connectivity index (χ1v) is 25.5. The molecule has 0 radical (unpaired) electrons. The summed E-state index contributed by atoms with van der Waals surface area (Å²) in [6, 6.07) is 12.9. The molecule has 73 heavy (non-hydrogen) atoms. The number of carbonyl (C=O) groups excluding carboxylic acids is 7. The van der Waals surface area contributed by atoms with E-state index in [-0.39, 0.29) is 55.7 Å². The highest BCUT2D eigenvalue weighted by molar-refractivity contribution is 6.08. The van der Waals surface area contributed by atoms with Crippen molar-refractivity contribution in [1.29, 1.82) is 0 Å². The number of anilines is 3. The van der Waals surface area contributed by atoms with Gasteiger partial charge in [-0.2, -0.15) is 0 Å². The van der Waals surface area contributed by atoms with E-state index in [1.54, 1.807) is 54.7 Å². The van der Waals surface area contributed by atoms with E-state index in [1.807, 2.05) is 51.7 Å². The normalized spacial score (nSPS) is 14.2. The molecule has 0 aliphatic carbocycles. The number of hydrogen-bond acceptors (Lipinski definition) is 12. The Morgan fingerprint density at radius 1 is 0.836 bits per heavy atom. The van der Waals surface area contributed by atoms with Gasteiger partial charge < -0.3 is 57.9 Å². The van der Waals surface area contributed by atoms with E-state index >= 15 is 0 Å². The number of nitrogens with two attached hydrogens (primary N) is 2. The molecule has 2 atom stereocenters. The lowest BCUT2D eigenvalue weighted by Gasteiger charge is -2.33. The fraction of sp³-hybridized carbons (Fsp3) is 0.491. The SMILES string of the molecule is CCCCCC(=O)N[C@H](C(=O)N[C@@H](CCCNC(N)=O)C(=O)Nc1ccc(COC(=O)NC2CCN(c3ccc(NC(=O)c4ccc5c(c4)N=C(N)CC(C(=O)N(CCC)CCC)=C5)cn3)CC2)cc1)C(C)C. The van der Waals surface area contributed by atoms with Crippen molar-refractivity contribution in [3.05, 3.63) is 83.1 Å². The zero-order valence-electron chi connectivity index (χ0n) is 42.9.